The Hall–Kier alpha value is -2.08. The first kappa shape index (κ1) is 14.3. The Morgan fingerprint density at radius 3 is 2.95 bits per heavy atom. The van der Waals surface area contributed by atoms with Crippen LogP contribution in [0.5, 0.6) is 11.6 Å². The van der Waals surface area contributed by atoms with Crippen LogP contribution >= 0.6 is 11.8 Å². The fourth-order valence-electron chi connectivity index (χ4n) is 1.59. The highest BCUT2D eigenvalue weighted by Gasteiger charge is 2.13. The summed E-state index contributed by atoms with van der Waals surface area (Å²) in [6.45, 7) is 2.05. The van der Waals surface area contributed by atoms with Crippen LogP contribution in [-0.4, -0.2) is 16.6 Å². The summed E-state index contributed by atoms with van der Waals surface area (Å²) in [4.78, 5) is 16.1. The van der Waals surface area contributed by atoms with Crippen molar-refractivity contribution >= 4 is 17.7 Å². The molecule has 0 aliphatic rings. The standard InChI is InChI=1S/C14H13FN2O2S/c1-2-20-11-5-3-4-10(7-11)19-14-12(13(16)18)6-9(15)8-17-14/h3-8H,2H2,1H3,(H2,16,18). The molecule has 1 heterocycles. The SMILES string of the molecule is CCSc1cccc(Oc2ncc(F)cc2C(N)=O)c1. The van der Waals surface area contributed by atoms with E-state index >= 15 is 0 Å². The molecule has 2 N–H and O–H groups in total. The minimum atomic E-state index is -0.786. The van der Waals surface area contributed by atoms with Gasteiger partial charge in [-0.15, -0.1) is 11.8 Å². The van der Waals surface area contributed by atoms with Crippen LogP contribution in [0.3, 0.4) is 0 Å². The van der Waals surface area contributed by atoms with Crippen LogP contribution in [0.25, 0.3) is 0 Å². The van der Waals surface area contributed by atoms with Crippen molar-refractivity contribution in [2.24, 2.45) is 5.73 Å². The number of hydrogen-bond acceptors (Lipinski definition) is 4. The van der Waals surface area contributed by atoms with E-state index in [4.69, 9.17) is 10.5 Å². The third-order valence-electron chi connectivity index (χ3n) is 2.41. The molecule has 0 radical (unpaired) electrons. The third-order valence-corrected chi connectivity index (χ3v) is 3.29. The maximum Gasteiger partial charge on any atom is 0.254 e. The second kappa shape index (κ2) is 6.38. The predicted molar refractivity (Wildman–Crippen MR) is 75.6 cm³/mol. The number of nitrogens with zero attached hydrogens (tertiary/aromatic N) is 1. The van der Waals surface area contributed by atoms with Crippen LogP contribution < -0.4 is 10.5 Å². The quantitative estimate of drug-likeness (QED) is 0.859. The highest BCUT2D eigenvalue weighted by Crippen LogP contribution is 2.27. The Labute approximate surface area is 120 Å². The molecule has 2 rings (SSSR count). The molecule has 104 valence electrons. The summed E-state index contributed by atoms with van der Waals surface area (Å²) in [5.74, 6) is 0.0280. The summed E-state index contributed by atoms with van der Waals surface area (Å²) in [6, 6.07) is 8.35. The zero-order chi connectivity index (χ0) is 14.5. The normalized spacial score (nSPS) is 10.3. The Kier molecular flexibility index (Phi) is 4.57. The van der Waals surface area contributed by atoms with Crippen LogP contribution in [-0.2, 0) is 0 Å². The average Bonchev–Trinajstić information content (AvgIpc) is 2.41. The molecule has 4 nitrogen and oxygen atoms in total. The molecule has 2 aromatic rings. The fraction of sp³-hybridized carbons (Fsp3) is 0.143. The fourth-order valence-corrected chi connectivity index (χ4v) is 2.30. The van der Waals surface area contributed by atoms with Gasteiger partial charge in [-0.3, -0.25) is 4.79 Å². The lowest BCUT2D eigenvalue weighted by Gasteiger charge is -2.09. The van der Waals surface area contributed by atoms with Gasteiger partial charge in [-0.25, -0.2) is 9.37 Å². The number of nitrogens with two attached hydrogens (primary N) is 1. The molecule has 0 unspecified atom stereocenters. The molecule has 0 aliphatic carbocycles. The number of amides is 1. The van der Waals surface area contributed by atoms with E-state index in [9.17, 15) is 9.18 Å². The first-order valence-electron chi connectivity index (χ1n) is 5.96. The van der Waals surface area contributed by atoms with Crippen molar-refractivity contribution < 1.29 is 13.9 Å². The molecule has 0 bridgehead atoms. The largest absolute Gasteiger partial charge is 0.438 e. The number of primary amides is 1. The van der Waals surface area contributed by atoms with E-state index in [1.807, 2.05) is 25.1 Å². The predicted octanol–water partition coefficient (Wildman–Crippen LogP) is 3.22. The smallest absolute Gasteiger partial charge is 0.254 e. The molecule has 1 aromatic heterocycles. The molecule has 0 saturated heterocycles. The minimum Gasteiger partial charge on any atom is -0.438 e. The molecule has 1 aromatic carbocycles. The molecular formula is C14H13FN2O2S. The topological polar surface area (TPSA) is 65.2 Å². The van der Waals surface area contributed by atoms with Crippen LogP contribution in [0, 0.1) is 5.82 Å². The van der Waals surface area contributed by atoms with E-state index in [1.54, 1.807) is 17.8 Å². The van der Waals surface area contributed by atoms with Crippen molar-refractivity contribution in [1.29, 1.82) is 0 Å². The first-order chi connectivity index (χ1) is 9.60. The number of aromatic nitrogens is 1. The van der Waals surface area contributed by atoms with Gasteiger partial charge in [0.2, 0.25) is 5.88 Å². The summed E-state index contributed by atoms with van der Waals surface area (Å²) >= 11 is 1.66. The van der Waals surface area contributed by atoms with E-state index in [-0.39, 0.29) is 11.4 Å². The highest BCUT2D eigenvalue weighted by atomic mass is 32.2. The van der Waals surface area contributed by atoms with Crippen molar-refractivity contribution in [2.45, 2.75) is 11.8 Å². The van der Waals surface area contributed by atoms with E-state index in [1.165, 1.54) is 0 Å². The molecule has 0 fully saturated rings. The Morgan fingerprint density at radius 1 is 1.45 bits per heavy atom. The summed E-state index contributed by atoms with van der Waals surface area (Å²) in [6.07, 6.45) is 0.979. The number of halogens is 1. The lowest BCUT2D eigenvalue weighted by atomic mass is 10.2. The van der Waals surface area contributed by atoms with Crippen LogP contribution in [0.15, 0.2) is 41.4 Å². The van der Waals surface area contributed by atoms with Gasteiger partial charge in [-0.2, -0.15) is 0 Å². The third kappa shape index (κ3) is 3.48. The van der Waals surface area contributed by atoms with Gasteiger partial charge in [0.25, 0.3) is 5.91 Å². The van der Waals surface area contributed by atoms with Crippen LogP contribution in [0.1, 0.15) is 17.3 Å². The molecule has 1 amide bonds. The van der Waals surface area contributed by atoms with Crippen molar-refractivity contribution in [2.75, 3.05) is 5.75 Å². The zero-order valence-electron chi connectivity index (χ0n) is 10.8. The number of ether oxygens (including phenoxy) is 1. The molecule has 6 heteroatoms. The molecule has 0 aliphatic heterocycles. The van der Waals surface area contributed by atoms with E-state index < -0.39 is 11.7 Å². The summed E-state index contributed by atoms with van der Waals surface area (Å²) in [5, 5.41) is 0. The minimum absolute atomic E-state index is 0.00227. The van der Waals surface area contributed by atoms with Crippen molar-refractivity contribution in [3.05, 3.63) is 47.9 Å². The molecule has 20 heavy (non-hydrogen) atoms. The van der Waals surface area contributed by atoms with Gasteiger partial charge in [0.1, 0.15) is 17.1 Å². The second-order valence-corrected chi connectivity index (χ2v) is 5.22. The Bertz CT molecular complexity index is 634. The first-order valence-corrected chi connectivity index (χ1v) is 6.94. The van der Waals surface area contributed by atoms with E-state index in [0.29, 0.717) is 5.75 Å². The number of carbonyl (C=O) groups is 1. The number of hydrogen-bond donors (Lipinski definition) is 1. The van der Waals surface area contributed by atoms with Crippen molar-refractivity contribution in [3.63, 3.8) is 0 Å². The van der Waals surface area contributed by atoms with Gasteiger partial charge < -0.3 is 10.5 Å². The highest BCUT2D eigenvalue weighted by molar-refractivity contribution is 7.99. The number of benzene rings is 1. The Balaban J connectivity index is 2.30. The van der Waals surface area contributed by atoms with Gasteiger partial charge in [-0.1, -0.05) is 13.0 Å². The van der Waals surface area contributed by atoms with Gasteiger partial charge in [0, 0.05) is 4.90 Å². The molecule has 0 spiro atoms. The van der Waals surface area contributed by atoms with Gasteiger partial charge >= 0.3 is 0 Å². The van der Waals surface area contributed by atoms with Gasteiger partial charge in [-0.05, 0) is 30.0 Å². The zero-order valence-corrected chi connectivity index (χ0v) is 11.6. The van der Waals surface area contributed by atoms with Crippen molar-refractivity contribution in [3.8, 4) is 11.6 Å². The average molecular weight is 292 g/mol. The van der Waals surface area contributed by atoms with Gasteiger partial charge in [0.05, 0.1) is 6.20 Å². The maximum atomic E-state index is 13.1. The van der Waals surface area contributed by atoms with Crippen molar-refractivity contribution in [1.82, 2.24) is 4.98 Å². The number of carbonyl (C=O) groups excluding carboxylic acids is 1. The Morgan fingerprint density at radius 2 is 2.25 bits per heavy atom. The summed E-state index contributed by atoms with van der Waals surface area (Å²) < 4.78 is 18.6. The lowest BCUT2D eigenvalue weighted by Crippen LogP contribution is -2.13. The molecule has 0 saturated carbocycles. The molecule has 0 atom stereocenters. The van der Waals surface area contributed by atoms with Crippen LogP contribution in [0.2, 0.25) is 0 Å². The summed E-state index contributed by atoms with van der Waals surface area (Å²) in [5.41, 5.74) is 5.10. The number of pyridine rings is 1. The second-order valence-electron chi connectivity index (χ2n) is 3.88. The van der Waals surface area contributed by atoms with E-state index in [0.717, 1.165) is 22.9 Å². The molecular weight excluding hydrogens is 279 g/mol. The number of rotatable bonds is 5. The lowest BCUT2D eigenvalue weighted by molar-refractivity contribution is 0.0997. The van der Waals surface area contributed by atoms with Gasteiger partial charge in [0.15, 0.2) is 0 Å². The maximum absolute atomic E-state index is 13.1. The number of thioether (sulfide) groups is 1. The van der Waals surface area contributed by atoms with Crippen LogP contribution in [0.4, 0.5) is 4.39 Å². The monoisotopic (exact) mass is 292 g/mol. The summed E-state index contributed by atoms with van der Waals surface area (Å²) in [7, 11) is 0. The van der Waals surface area contributed by atoms with E-state index in [2.05, 4.69) is 4.98 Å².